The number of nitrogens with zero attached hydrogens (tertiary/aromatic N) is 4. The SMILES string of the molecule is Cn1c(C(=O)N2CCNCC2)cc2cc(Oc3ncc(NC(=O)c4ccc(Cl)c(Cl)c4)cn3)ccc21. The lowest BCUT2D eigenvalue weighted by molar-refractivity contribution is 0.0726. The molecule has 0 atom stereocenters. The van der Waals surface area contributed by atoms with Crippen molar-refractivity contribution in [3.8, 4) is 11.8 Å². The molecule has 3 heterocycles. The summed E-state index contributed by atoms with van der Waals surface area (Å²) in [6.07, 6.45) is 2.89. The number of ether oxygens (including phenoxy) is 1. The molecule has 1 fully saturated rings. The number of carbonyl (C=O) groups excluding carboxylic acids is 2. The Kier molecular flexibility index (Phi) is 6.77. The number of anilines is 1. The molecular weight excluding hydrogens is 503 g/mol. The monoisotopic (exact) mass is 524 g/mol. The van der Waals surface area contributed by atoms with Crippen LogP contribution in [0, 0.1) is 0 Å². The lowest BCUT2D eigenvalue weighted by atomic mass is 10.2. The van der Waals surface area contributed by atoms with Crippen LogP contribution in [-0.2, 0) is 7.05 Å². The first-order valence-corrected chi connectivity index (χ1v) is 12.0. The summed E-state index contributed by atoms with van der Waals surface area (Å²) in [6, 6.07) is 12.1. The number of nitrogens with one attached hydrogen (secondary N) is 2. The number of carbonyl (C=O) groups is 2. The van der Waals surface area contributed by atoms with Gasteiger partial charge in [-0.3, -0.25) is 9.59 Å². The van der Waals surface area contributed by atoms with Crippen LogP contribution >= 0.6 is 23.2 Å². The lowest BCUT2D eigenvalue weighted by Crippen LogP contribution is -2.46. The Balaban J connectivity index is 1.28. The van der Waals surface area contributed by atoms with Gasteiger partial charge < -0.3 is 24.8 Å². The molecule has 184 valence electrons. The Bertz CT molecular complexity index is 1450. The second kappa shape index (κ2) is 10.1. The Hall–Kier alpha value is -3.66. The largest absolute Gasteiger partial charge is 0.424 e. The van der Waals surface area contributed by atoms with Gasteiger partial charge in [-0.15, -0.1) is 0 Å². The van der Waals surface area contributed by atoms with E-state index < -0.39 is 0 Å². The zero-order valence-electron chi connectivity index (χ0n) is 19.3. The molecule has 11 heteroatoms. The summed E-state index contributed by atoms with van der Waals surface area (Å²) >= 11 is 11.9. The smallest absolute Gasteiger partial charge is 0.322 e. The molecule has 2 N–H and O–H groups in total. The average Bonchev–Trinajstić information content (AvgIpc) is 3.22. The molecule has 5 rings (SSSR count). The van der Waals surface area contributed by atoms with Gasteiger partial charge in [-0.1, -0.05) is 23.2 Å². The second-order valence-corrected chi connectivity index (χ2v) is 9.11. The molecule has 0 saturated carbocycles. The highest BCUT2D eigenvalue weighted by atomic mass is 35.5. The van der Waals surface area contributed by atoms with Crippen molar-refractivity contribution in [2.24, 2.45) is 7.05 Å². The van der Waals surface area contributed by atoms with Gasteiger partial charge >= 0.3 is 6.01 Å². The van der Waals surface area contributed by atoms with Crippen LogP contribution in [0.15, 0.2) is 54.9 Å². The van der Waals surface area contributed by atoms with Crippen LogP contribution in [0.5, 0.6) is 11.8 Å². The van der Waals surface area contributed by atoms with Crippen LogP contribution in [0.3, 0.4) is 0 Å². The van der Waals surface area contributed by atoms with Gasteiger partial charge in [-0.25, -0.2) is 9.97 Å². The molecule has 36 heavy (non-hydrogen) atoms. The van der Waals surface area contributed by atoms with Crippen LogP contribution in [0.4, 0.5) is 5.69 Å². The van der Waals surface area contributed by atoms with Crippen molar-refractivity contribution in [3.05, 3.63) is 76.2 Å². The van der Waals surface area contributed by atoms with E-state index in [0.717, 1.165) is 24.0 Å². The van der Waals surface area contributed by atoms with Crippen molar-refractivity contribution in [2.45, 2.75) is 0 Å². The fraction of sp³-hybridized carbons (Fsp3) is 0.200. The van der Waals surface area contributed by atoms with Crippen molar-refractivity contribution in [1.29, 1.82) is 0 Å². The molecule has 0 radical (unpaired) electrons. The molecule has 4 aromatic rings. The minimum atomic E-state index is -0.369. The maximum absolute atomic E-state index is 13.0. The Morgan fingerprint density at radius 2 is 1.75 bits per heavy atom. The number of piperazine rings is 1. The number of benzene rings is 2. The molecule has 0 aliphatic carbocycles. The van der Waals surface area contributed by atoms with Gasteiger partial charge in [0.05, 0.1) is 28.1 Å². The van der Waals surface area contributed by atoms with Crippen molar-refractivity contribution in [2.75, 3.05) is 31.5 Å². The number of hydrogen-bond acceptors (Lipinski definition) is 6. The molecule has 1 aliphatic heterocycles. The van der Waals surface area contributed by atoms with E-state index in [1.165, 1.54) is 18.5 Å². The zero-order valence-corrected chi connectivity index (χ0v) is 20.8. The molecule has 1 saturated heterocycles. The highest BCUT2D eigenvalue weighted by molar-refractivity contribution is 6.42. The van der Waals surface area contributed by atoms with Gasteiger partial charge in [-0.2, -0.15) is 0 Å². The van der Waals surface area contributed by atoms with Crippen molar-refractivity contribution >= 4 is 51.6 Å². The molecular formula is C25H22Cl2N6O3. The number of amides is 2. The number of halogens is 2. The average molecular weight is 525 g/mol. The fourth-order valence-corrected chi connectivity index (χ4v) is 4.30. The van der Waals surface area contributed by atoms with Gasteiger partial charge in [0.2, 0.25) is 0 Å². The summed E-state index contributed by atoms with van der Waals surface area (Å²) in [6.45, 7) is 2.98. The number of aromatic nitrogens is 3. The zero-order chi connectivity index (χ0) is 25.2. The van der Waals surface area contributed by atoms with Crippen LogP contribution < -0.4 is 15.4 Å². The summed E-state index contributed by atoms with van der Waals surface area (Å²) in [5.41, 5.74) is 2.30. The molecule has 0 spiro atoms. The van der Waals surface area contributed by atoms with E-state index in [-0.39, 0.29) is 17.8 Å². The molecule has 2 aromatic carbocycles. The van der Waals surface area contributed by atoms with Crippen LogP contribution in [0.25, 0.3) is 10.9 Å². The molecule has 0 bridgehead atoms. The first-order valence-electron chi connectivity index (χ1n) is 11.2. The Morgan fingerprint density at radius 3 is 2.47 bits per heavy atom. The van der Waals surface area contributed by atoms with Gasteiger partial charge in [-0.05, 0) is 42.5 Å². The van der Waals surface area contributed by atoms with Crippen molar-refractivity contribution in [3.63, 3.8) is 0 Å². The topological polar surface area (TPSA) is 101 Å². The number of rotatable bonds is 5. The third-order valence-electron chi connectivity index (χ3n) is 5.91. The van der Waals surface area contributed by atoms with E-state index in [4.69, 9.17) is 27.9 Å². The summed E-state index contributed by atoms with van der Waals surface area (Å²) < 4.78 is 7.70. The minimum Gasteiger partial charge on any atom is -0.424 e. The van der Waals surface area contributed by atoms with Crippen LogP contribution in [0.1, 0.15) is 20.8 Å². The molecule has 2 amide bonds. The van der Waals surface area contributed by atoms with Crippen LogP contribution in [0.2, 0.25) is 10.0 Å². The van der Waals surface area contributed by atoms with Crippen molar-refractivity contribution < 1.29 is 14.3 Å². The third-order valence-corrected chi connectivity index (χ3v) is 6.65. The predicted octanol–water partition coefficient (Wildman–Crippen LogP) is 4.37. The van der Waals surface area contributed by atoms with E-state index in [9.17, 15) is 9.59 Å². The van der Waals surface area contributed by atoms with E-state index >= 15 is 0 Å². The summed E-state index contributed by atoms with van der Waals surface area (Å²) in [4.78, 5) is 35.6. The second-order valence-electron chi connectivity index (χ2n) is 8.29. The molecule has 9 nitrogen and oxygen atoms in total. The lowest BCUT2D eigenvalue weighted by Gasteiger charge is -2.27. The van der Waals surface area contributed by atoms with E-state index in [1.54, 1.807) is 18.2 Å². The minimum absolute atomic E-state index is 0.0134. The van der Waals surface area contributed by atoms with Gasteiger partial charge in [0, 0.05) is 49.7 Å². The molecule has 0 unspecified atom stereocenters. The maximum atomic E-state index is 13.0. The third kappa shape index (κ3) is 4.99. The van der Waals surface area contributed by atoms with Gasteiger partial charge in [0.15, 0.2) is 0 Å². The molecule has 1 aliphatic rings. The number of hydrogen-bond donors (Lipinski definition) is 2. The fourth-order valence-electron chi connectivity index (χ4n) is 4.01. The summed E-state index contributed by atoms with van der Waals surface area (Å²) in [5.74, 6) is 0.174. The normalized spacial score (nSPS) is 13.6. The highest BCUT2D eigenvalue weighted by Gasteiger charge is 2.21. The first kappa shape index (κ1) is 24.1. The van der Waals surface area contributed by atoms with Gasteiger partial charge in [0.25, 0.3) is 11.8 Å². The van der Waals surface area contributed by atoms with Crippen molar-refractivity contribution in [1.82, 2.24) is 24.8 Å². The van der Waals surface area contributed by atoms with E-state index in [0.29, 0.717) is 45.8 Å². The summed E-state index contributed by atoms with van der Waals surface area (Å²) in [5, 5.41) is 7.50. The van der Waals surface area contributed by atoms with E-state index in [1.807, 2.05) is 34.7 Å². The number of aryl methyl sites for hydroxylation is 1. The quantitative estimate of drug-likeness (QED) is 0.402. The Morgan fingerprint density at radius 1 is 1.00 bits per heavy atom. The number of fused-ring (bicyclic) bond motifs is 1. The Labute approximate surface area is 217 Å². The highest BCUT2D eigenvalue weighted by Crippen LogP contribution is 2.27. The van der Waals surface area contributed by atoms with E-state index in [2.05, 4.69) is 20.6 Å². The summed E-state index contributed by atoms with van der Waals surface area (Å²) in [7, 11) is 1.88. The first-order chi connectivity index (χ1) is 17.4. The van der Waals surface area contributed by atoms with Gasteiger partial charge in [0.1, 0.15) is 11.4 Å². The predicted molar refractivity (Wildman–Crippen MR) is 138 cm³/mol. The van der Waals surface area contributed by atoms with Crippen LogP contribution in [-0.4, -0.2) is 57.4 Å². The molecule has 2 aromatic heterocycles. The standard InChI is InChI=1S/C25H22Cl2N6O3/c1-32-21-5-3-18(10-16(21)12-22(32)24(35)33-8-6-28-7-9-33)36-25-29-13-17(14-30-25)31-23(34)15-2-4-19(26)20(27)11-15/h2-5,10-14,28H,6-9H2,1H3,(H,31,34). The maximum Gasteiger partial charge on any atom is 0.322 e.